The van der Waals surface area contributed by atoms with Crippen LogP contribution in [0.4, 0.5) is 0 Å². The average molecular weight is 421 g/mol. The van der Waals surface area contributed by atoms with Crippen LogP contribution in [0.15, 0.2) is 30.9 Å². The summed E-state index contributed by atoms with van der Waals surface area (Å²) < 4.78 is 17.2. The zero-order valence-electron chi connectivity index (χ0n) is 16.5. The number of aromatic nitrogens is 3. The van der Waals surface area contributed by atoms with Crippen LogP contribution in [-0.2, 0) is 16.1 Å². The molecule has 1 aliphatic rings. The van der Waals surface area contributed by atoms with Crippen molar-refractivity contribution in [3.8, 4) is 11.8 Å². The number of nitrogens with one attached hydrogen (secondary N) is 1. The molecule has 2 aromatic rings. The Morgan fingerprint density at radius 3 is 2.76 bits per heavy atom. The highest BCUT2D eigenvalue weighted by Crippen LogP contribution is 2.34. The lowest BCUT2D eigenvalue weighted by atomic mass is 9.83. The Morgan fingerprint density at radius 1 is 1.31 bits per heavy atom. The number of hydrogen-bond acceptors (Lipinski definition) is 7. The van der Waals surface area contributed by atoms with Gasteiger partial charge in [-0.15, -0.1) is 0 Å². The van der Waals surface area contributed by atoms with Crippen LogP contribution in [0.5, 0.6) is 11.8 Å². The Labute approximate surface area is 175 Å². The number of rotatable bonds is 10. The Kier molecular flexibility index (Phi) is 7.60. The smallest absolute Gasteiger partial charge is 0.240 e. The van der Waals surface area contributed by atoms with Crippen LogP contribution in [0.1, 0.15) is 32.3 Å². The molecule has 1 aliphatic carbocycles. The second kappa shape index (κ2) is 10.4. The standard InChI is InChI=1S/C20H25ClN4O4/c1-13(25-14(2)26)9-27-17-6-16(7-17)11-29-20-18(21)19(23-12-24-20)28-10-15-4-3-5-22-8-15/h3-5,8,12-13,16-17H,6-7,9-11H2,1-2H3,(H,25,26)/t13-,16-,17-/m0/s1. The van der Waals surface area contributed by atoms with Gasteiger partial charge in [-0.3, -0.25) is 9.78 Å². The van der Waals surface area contributed by atoms with Crippen LogP contribution in [0.2, 0.25) is 5.02 Å². The SMILES string of the molecule is CC(=O)N[C@@H](C)CO[C@H]1C[C@H](COc2ncnc(OCc3cccnc3)c2Cl)C1. The van der Waals surface area contributed by atoms with E-state index in [-0.39, 0.29) is 29.0 Å². The number of amides is 1. The lowest BCUT2D eigenvalue weighted by molar-refractivity contribution is -0.120. The highest BCUT2D eigenvalue weighted by Gasteiger charge is 2.31. The summed E-state index contributed by atoms with van der Waals surface area (Å²) in [6, 6.07) is 3.75. The number of hydrogen-bond donors (Lipinski definition) is 1. The maximum atomic E-state index is 11.0. The first-order valence-corrected chi connectivity index (χ1v) is 9.92. The van der Waals surface area contributed by atoms with Gasteiger partial charge in [0.05, 0.1) is 19.3 Å². The Balaban J connectivity index is 1.40. The molecule has 1 atom stereocenters. The maximum Gasteiger partial charge on any atom is 0.240 e. The third kappa shape index (κ3) is 6.54. The molecule has 8 nitrogen and oxygen atoms in total. The third-order valence-electron chi connectivity index (χ3n) is 4.50. The minimum Gasteiger partial charge on any atom is -0.476 e. The Hall–Kier alpha value is -2.45. The van der Waals surface area contributed by atoms with E-state index in [1.807, 2.05) is 19.1 Å². The molecule has 1 N–H and O–H groups in total. The van der Waals surface area contributed by atoms with Gasteiger partial charge in [-0.05, 0) is 31.7 Å². The van der Waals surface area contributed by atoms with Gasteiger partial charge in [0.25, 0.3) is 0 Å². The van der Waals surface area contributed by atoms with E-state index >= 15 is 0 Å². The molecule has 0 spiro atoms. The van der Waals surface area contributed by atoms with Crippen molar-refractivity contribution in [2.24, 2.45) is 5.92 Å². The minimum atomic E-state index is -0.0495. The van der Waals surface area contributed by atoms with Crippen LogP contribution in [0.3, 0.4) is 0 Å². The van der Waals surface area contributed by atoms with Crippen molar-refractivity contribution in [1.29, 1.82) is 0 Å². The first-order valence-electron chi connectivity index (χ1n) is 9.55. The van der Waals surface area contributed by atoms with Gasteiger partial charge in [0.2, 0.25) is 17.7 Å². The number of halogens is 1. The summed E-state index contributed by atoms with van der Waals surface area (Å²) in [4.78, 5) is 23.2. The van der Waals surface area contributed by atoms with Crippen molar-refractivity contribution in [3.05, 3.63) is 41.4 Å². The summed E-state index contributed by atoms with van der Waals surface area (Å²) in [5.41, 5.74) is 0.915. The highest BCUT2D eigenvalue weighted by molar-refractivity contribution is 6.33. The summed E-state index contributed by atoms with van der Waals surface area (Å²) >= 11 is 6.32. The molecule has 0 saturated heterocycles. The molecule has 2 aromatic heterocycles. The number of carbonyl (C=O) groups excluding carboxylic acids is 1. The summed E-state index contributed by atoms with van der Waals surface area (Å²) in [7, 11) is 0. The fraction of sp³-hybridized carbons (Fsp3) is 0.500. The molecular weight excluding hydrogens is 396 g/mol. The largest absolute Gasteiger partial charge is 0.476 e. The third-order valence-corrected chi connectivity index (χ3v) is 4.83. The molecule has 1 saturated carbocycles. The average Bonchev–Trinajstić information content (AvgIpc) is 2.66. The summed E-state index contributed by atoms with van der Waals surface area (Å²) in [6.45, 7) is 4.74. The van der Waals surface area contributed by atoms with E-state index in [1.54, 1.807) is 12.4 Å². The van der Waals surface area contributed by atoms with Gasteiger partial charge in [0, 0.05) is 30.9 Å². The molecule has 9 heteroatoms. The fourth-order valence-electron chi connectivity index (χ4n) is 2.99. The molecule has 0 aliphatic heterocycles. The number of carbonyl (C=O) groups is 1. The lowest BCUT2D eigenvalue weighted by Gasteiger charge is -2.35. The van der Waals surface area contributed by atoms with Gasteiger partial charge >= 0.3 is 0 Å². The van der Waals surface area contributed by atoms with Crippen molar-refractivity contribution < 1.29 is 19.0 Å². The Morgan fingerprint density at radius 2 is 2.07 bits per heavy atom. The van der Waals surface area contributed by atoms with Gasteiger partial charge in [-0.25, -0.2) is 9.97 Å². The number of ether oxygens (including phenoxy) is 3. The van der Waals surface area contributed by atoms with E-state index in [1.165, 1.54) is 13.3 Å². The van der Waals surface area contributed by atoms with Gasteiger partial charge in [0.15, 0.2) is 5.02 Å². The van der Waals surface area contributed by atoms with Crippen LogP contribution >= 0.6 is 11.6 Å². The molecule has 156 valence electrons. The molecule has 1 amide bonds. The second-order valence-electron chi connectivity index (χ2n) is 7.15. The van der Waals surface area contributed by atoms with Crippen LogP contribution in [-0.4, -0.2) is 46.2 Å². The zero-order valence-corrected chi connectivity index (χ0v) is 17.3. The van der Waals surface area contributed by atoms with Gasteiger partial charge in [-0.1, -0.05) is 17.7 Å². The van der Waals surface area contributed by atoms with Crippen molar-refractivity contribution in [3.63, 3.8) is 0 Å². The Bertz CT molecular complexity index is 802. The number of nitrogens with zero attached hydrogens (tertiary/aromatic N) is 3. The first kappa shape index (κ1) is 21.3. The number of pyridine rings is 1. The van der Waals surface area contributed by atoms with Gasteiger partial charge < -0.3 is 19.5 Å². The minimum absolute atomic E-state index is 0.00714. The summed E-state index contributed by atoms with van der Waals surface area (Å²) in [5.74, 6) is 0.919. The topological polar surface area (TPSA) is 95.5 Å². The molecule has 3 rings (SSSR count). The molecule has 29 heavy (non-hydrogen) atoms. The quantitative estimate of drug-likeness (QED) is 0.631. The van der Waals surface area contributed by atoms with Crippen molar-refractivity contribution >= 4 is 17.5 Å². The molecule has 0 bridgehead atoms. The van der Waals surface area contributed by atoms with E-state index < -0.39 is 0 Å². The van der Waals surface area contributed by atoms with Crippen LogP contribution in [0, 0.1) is 5.92 Å². The predicted octanol–water partition coefficient (Wildman–Crippen LogP) is 2.80. The molecule has 0 radical (unpaired) electrons. The highest BCUT2D eigenvalue weighted by atomic mass is 35.5. The molecule has 0 unspecified atom stereocenters. The van der Waals surface area contributed by atoms with Gasteiger partial charge in [-0.2, -0.15) is 0 Å². The monoisotopic (exact) mass is 420 g/mol. The maximum absolute atomic E-state index is 11.0. The zero-order chi connectivity index (χ0) is 20.6. The summed E-state index contributed by atoms with van der Waals surface area (Å²) in [5, 5.41) is 3.06. The fourth-order valence-corrected chi connectivity index (χ4v) is 3.19. The van der Waals surface area contributed by atoms with Crippen molar-refractivity contribution in [2.75, 3.05) is 13.2 Å². The van der Waals surface area contributed by atoms with Crippen molar-refractivity contribution in [2.45, 2.75) is 45.4 Å². The molecular formula is C20H25ClN4O4. The lowest BCUT2D eigenvalue weighted by Crippen LogP contribution is -2.40. The van der Waals surface area contributed by atoms with Crippen molar-refractivity contribution in [1.82, 2.24) is 20.3 Å². The molecule has 0 aromatic carbocycles. The molecule has 2 heterocycles. The van der Waals surface area contributed by atoms with E-state index in [0.717, 1.165) is 18.4 Å². The van der Waals surface area contributed by atoms with Crippen LogP contribution < -0.4 is 14.8 Å². The van der Waals surface area contributed by atoms with Gasteiger partial charge in [0.1, 0.15) is 12.9 Å². The van der Waals surface area contributed by atoms with E-state index in [9.17, 15) is 4.79 Å². The van der Waals surface area contributed by atoms with E-state index in [2.05, 4.69) is 20.3 Å². The second-order valence-corrected chi connectivity index (χ2v) is 7.53. The predicted molar refractivity (Wildman–Crippen MR) is 107 cm³/mol. The summed E-state index contributed by atoms with van der Waals surface area (Å²) in [6.07, 6.45) is 6.79. The molecule has 1 fully saturated rings. The van der Waals surface area contributed by atoms with Crippen LogP contribution in [0.25, 0.3) is 0 Å². The van der Waals surface area contributed by atoms with E-state index in [4.69, 9.17) is 25.8 Å². The van der Waals surface area contributed by atoms with E-state index in [0.29, 0.717) is 31.6 Å². The first-order chi connectivity index (χ1) is 14.0. The normalized spacial score (nSPS) is 19.1.